The van der Waals surface area contributed by atoms with Crippen molar-refractivity contribution in [2.24, 2.45) is 0 Å². The van der Waals surface area contributed by atoms with Crippen LogP contribution in [0, 0.1) is 25.5 Å². The van der Waals surface area contributed by atoms with Crippen LogP contribution in [0.2, 0.25) is 0 Å². The molecule has 0 bridgehead atoms. The van der Waals surface area contributed by atoms with Gasteiger partial charge in [0.05, 0.1) is 6.20 Å². The van der Waals surface area contributed by atoms with E-state index in [9.17, 15) is 17.2 Å². The summed E-state index contributed by atoms with van der Waals surface area (Å²) in [5, 5.41) is 0. The van der Waals surface area contributed by atoms with E-state index >= 15 is 0 Å². The fourth-order valence-electron chi connectivity index (χ4n) is 2.65. The Labute approximate surface area is 177 Å². The van der Waals surface area contributed by atoms with Crippen LogP contribution in [-0.2, 0) is 15.5 Å². The molecule has 0 saturated carbocycles. The fourth-order valence-corrected chi connectivity index (χ4v) is 3.60. The van der Waals surface area contributed by atoms with Crippen molar-refractivity contribution >= 4 is 25.7 Å². The quantitative estimate of drug-likeness (QED) is 0.521. The largest absolute Gasteiger partial charge is 0.455 e. The summed E-state index contributed by atoms with van der Waals surface area (Å²) >= 11 is 0. The van der Waals surface area contributed by atoms with Crippen LogP contribution >= 0.6 is 10.8 Å². The molecular formula is C20H19F2N3O3S2. The van der Waals surface area contributed by atoms with Crippen LogP contribution in [0.15, 0.2) is 42.9 Å². The highest BCUT2D eigenvalue weighted by Crippen LogP contribution is 2.29. The topological polar surface area (TPSA) is 81.2 Å². The Hall–Kier alpha value is -2.72. The second-order valence-electron chi connectivity index (χ2n) is 6.47. The maximum absolute atomic E-state index is 14.8. The van der Waals surface area contributed by atoms with Crippen molar-refractivity contribution in [3.05, 3.63) is 76.7 Å². The lowest BCUT2D eigenvalue weighted by molar-refractivity contribution is 0.469. The molecule has 0 aliphatic heterocycles. The van der Waals surface area contributed by atoms with Gasteiger partial charge in [0, 0.05) is 24.9 Å². The summed E-state index contributed by atoms with van der Waals surface area (Å²) in [7, 11) is -3.19. The van der Waals surface area contributed by atoms with Gasteiger partial charge in [-0.3, -0.25) is 9.71 Å². The SMILES string of the molecule is CSS(=O)(=O)Nc1nccc(Cc2cncc(Oc3ccc(C)c(F)c3)c2C)c1F. The van der Waals surface area contributed by atoms with Crippen LogP contribution in [0.4, 0.5) is 14.6 Å². The minimum Gasteiger partial charge on any atom is -0.455 e. The first-order valence-corrected chi connectivity index (χ1v) is 12.0. The molecule has 0 amide bonds. The number of hydrogen-bond donors (Lipinski definition) is 1. The molecule has 0 unspecified atom stereocenters. The average Bonchev–Trinajstić information content (AvgIpc) is 2.70. The number of nitrogens with zero attached hydrogens (tertiary/aromatic N) is 2. The monoisotopic (exact) mass is 451 g/mol. The Balaban J connectivity index is 1.87. The van der Waals surface area contributed by atoms with Gasteiger partial charge in [0.25, 0.3) is 9.06 Å². The van der Waals surface area contributed by atoms with Crippen LogP contribution in [0.3, 0.4) is 0 Å². The number of pyridine rings is 2. The van der Waals surface area contributed by atoms with E-state index in [1.807, 2.05) is 0 Å². The van der Waals surface area contributed by atoms with Gasteiger partial charge in [-0.2, -0.15) is 8.42 Å². The number of ether oxygens (including phenoxy) is 1. The lowest BCUT2D eigenvalue weighted by atomic mass is 10.0. The number of halogens is 2. The lowest BCUT2D eigenvalue weighted by Gasteiger charge is -2.13. The van der Waals surface area contributed by atoms with Crippen LogP contribution in [-0.4, -0.2) is 24.6 Å². The van der Waals surface area contributed by atoms with Gasteiger partial charge in [0.2, 0.25) is 0 Å². The zero-order valence-corrected chi connectivity index (χ0v) is 18.1. The number of aromatic nitrogens is 2. The summed E-state index contributed by atoms with van der Waals surface area (Å²) in [5.41, 5.74) is 2.12. The average molecular weight is 452 g/mol. The van der Waals surface area contributed by atoms with E-state index < -0.39 is 14.9 Å². The van der Waals surface area contributed by atoms with Gasteiger partial charge in [-0.1, -0.05) is 6.07 Å². The Morgan fingerprint density at radius 3 is 2.60 bits per heavy atom. The Morgan fingerprint density at radius 1 is 1.13 bits per heavy atom. The van der Waals surface area contributed by atoms with Crippen molar-refractivity contribution in [1.29, 1.82) is 0 Å². The van der Waals surface area contributed by atoms with Gasteiger partial charge in [0.1, 0.15) is 17.3 Å². The fraction of sp³-hybridized carbons (Fsp3) is 0.200. The Morgan fingerprint density at radius 2 is 1.90 bits per heavy atom. The molecule has 1 aromatic carbocycles. The number of anilines is 1. The van der Waals surface area contributed by atoms with Gasteiger partial charge >= 0.3 is 0 Å². The first-order valence-electron chi connectivity index (χ1n) is 8.79. The van der Waals surface area contributed by atoms with E-state index in [0.717, 1.165) is 0 Å². The second kappa shape index (κ2) is 8.97. The van der Waals surface area contributed by atoms with Crippen LogP contribution in [0.5, 0.6) is 11.5 Å². The van der Waals surface area contributed by atoms with Gasteiger partial charge < -0.3 is 4.74 Å². The summed E-state index contributed by atoms with van der Waals surface area (Å²) in [6.45, 7) is 3.44. The van der Waals surface area contributed by atoms with E-state index in [2.05, 4.69) is 14.7 Å². The summed E-state index contributed by atoms with van der Waals surface area (Å²) in [5.74, 6) is -0.776. The summed E-state index contributed by atoms with van der Waals surface area (Å²) in [6.07, 6.45) is 5.90. The lowest BCUT2D eigenvalue weighted by Crippen LogP contribution is -2.11. The maximum Gasteiger partial charge on any atom is 0.287 e. The molecule has 158 valence electrons. The first-order chi connectivity index (χ1) is 14.2. The van der Waals surface area contributed by atoms with Crippen LogP contribution in [0.1, 0.15) is 22.3 Å². The normalized spacial score (nSPS) is 11.4. The van der Waals surface area contributed by atoms with Crippen molar-refractivity contribution in [1.82, 2.24) is 9.97 Å². The predicted octanol–water partition coefficient (Wildman–Crippen LogP) is 4.77. The predicted molar refractivity (Wildman–Crippen MR) is 113 cm³/mol. The molecule has 30 heavy (non-hydrogen) atoms. The number of benzene rings is 1. The third-order valence-electron chi connectivity index (χ3n) is 4.44. The van der Waals surface area contributed by atoms with Gasteiger partial charge in [-0.05, 0) is 65.3 Å². The molecule has 0 aliphatic rings. The van der Waals surface area contributed by atoms with E-state index in [4.69, 9.17) is 4.74 Å². The molecule has 0 spiro atoms. The molecule has 0 atom stereocenters. The number of aryl methyl sites for hydroxylation is 1. The van der Waals surface area contributed by atoms with Crippen molar-refractivity contribution in [2.45, 2.75) is 20.3 Å². The number of nitrogens with one attached hydrogen (secondary N) is 1. The van der Waals surface area contributed by atoms with E-state index in [0.29, 0.717) is 39.0 Å². The highest BCUT2D eigenvalue weighted by atomic mass is 33.1. The molecule has 2 aromatic heterocycles. The van der Waals surface area contributed by atoms with E-state index in [1.165, 1.54) is 30.8 Å². The zero-order chi connectivity index (χ0) is 21.9. The number of rotatable bonds is 7. The minimum atomic E-state index is -3.74. The molecule has 1 N–H and O–H groups in total. The minimum absolute atomic E-state index is 0.140. The first kappa shape index (κ1) is 22.0. The third kappa shape index (κ3) is 5.06. The standard InChI is InChI=1S/C20H19F2N3O3S2/c1-12-4-5-16(9-17(12)21)28-18-11-23-10-15(13(18)2)8-14-6-7-24-20(19(14)22)25-30(26,27)29-3/h4-7,9-11H,8H2,1-3H3,(H,24,25). The van der Waals surface area contributed by atoms with Crippen molar-refractivity contribution in [2.75, 3.05) is 11.0 Å². The highest BCUT2D eigenvalue weighted by molar-refractivity contribution is 8.72. The van der Waals surface area contributed by atoms with Crippen molar-refractivity contribution in [3.8, 4) is 11.5 Å². The molecular weight excluding hydrogens is 432 g/mol. The second-order valence-corrected chi connectivity index (χ2v) is 10.2. The zero-order valence-electron chi connectivity index (χ0n) is 16.4. The molecule has 0 fully saturated rings. The van der Waals surface area contributed by atoms with Crippen molar-refractivity contribution < 1.29 is 21.9 Å². The van der Waals surface area contributed by atoms with Crippen molar-refractivity contribution in [3.63, 3.8) is 0 Å². The number of hydrogen-bond acceptors (Lipinski definition) is 6. The molecule has 0 saturated heterocycles. The van der Waals surface area contributed by atoms with Gasteiger partial charge in [0.15, 0.2) is 11.6 Å². The van der Waals surface area contributed by atoms with Crippen LogP contribution in [0.25, 0.3) is 0 Å². The molecule has 3 rings (SSSR count). The van der Waals surface area contributed by atoms with Gasteiger partial charge in [-0.15, -0.1) is 0 Å². The summed E-state index contributed by atoms with van der Waals surface area (Å²) in [6, 6.07) is 6.01. The Kier molecular flexibility index (Phi) is 6.57. The molecule has 0 aliphatic carbocycles. The van der Waals surface area contributed by atoms with E-state index in [1.54, 1.807) is 32.2 Å². The molecule has 2 heterocycles. The summed E-state index contributed by atoms with van der Waals surface area (Å²) in [4.78, 5) is 7.90. The highest BCUT2D eigenvalue weighted by Gasteiger charge is 2.17. The molecule has 10 heteroatoms. The molecule has 6 nitrogen and oxygen atoms in total. The molecule has 0 radical (unpaired) electrons. The smallest absolute Gasteiger partial charge is 0.287 e. The van der Waals surface area contributed by atoms with Gasteiger partial charge in [-0.25, -0.2) is 13.8 Å². The summed E-state index contributed by atoms with van der Waals surface area (Å²) < 4.78 is 59.8. The molecule has 3 aromatic rings. The maximum atomic E-state index is 14.8. The van der Waals surface area contributed by atoms with Crippen LogP contribution < -0.4 is 9.46 Å². The van der Waals surface area contributed by atoms with E-state index in [-0.39, 0.29) is 23.6 Å². The Bertz CT molecular complexity index is 1190. The third-order valence-corrected chi connectivity index (χ3v) is 6.88.